The minimum Gasteiger partial charge on any atom is -0.385 e. The van der Waals surface area contributed by atoms with Crippen LogP contribution in [0.2, 0.25) is 0 Å². The van der Waals surface area contributed by atoms with E-state index in [4.69, 9.17) is 0 Å². The second kappa shape index (κ2) is 11.1. The molecule has 1 aromatic heterocycles. The highest BCUT2D eigenvalue weighted by Gasteiger charge is 2.42. The molecule has 1 unspecified atom stereocenters. The summed E-state index contributed by atoms with van der Waals surface area (Å²) in [6.07, 6.45) is 0.357. The van der Waals surface area contributed by atoms with Crippen molar-refractivity contribution >= 4 is 23.4 Å². The zero-order valence-corrected chi connectivity index (χ0v) is 23.4. The second-order valence-corrected chi connectivity index (χ2v) is 11.5. The van der Waals surface area contributed by atoms with Gasteiger partial charge in [-0.15, -0.1) is 0 Å². The third-order valence-electron chi connectivity index (χ3n) is 8.78. The lowest BCUT2D eigenvalue weighted by Crippen LogP contribution is -2.50. The predicted octanol–water partition coefficient (Wildman–Crippen LogP) is 4.62. The van der Waals surface area contributed by atoms with Gasteiger partial charge in [-0.25, -0.2) is 0 Å². The number of hydrogen-bond donors (Lipinski definition) is 1. The standard InChI is InChI=1S/C32H31F3N4O4/c33-32(34,35)24-8-1-7-23(17-24)31(43)11-15-37(16-12-31)28(40)22-6-4-14-38(20-22)26-10-2-9-25-27(26)30(42)39(29(25)41)19-21-5-3-13-36-18-21/h1-3,5,7-10,13,17-18,22,43H,4,6,11-12,14-16,19-20H2. The quantitative estimate of drug-likeness (QED) is 0.435. The number of anilines is 1. The number of alkyl halides is 3. The number of likely N-dealkylation sites (tertiary alicyclic amines) is 1. The number of aliphatic hydroxyl groups is 1. The molecule has 224 valence electrons. The third-order valence-corrected chi connectivity index (χ3v) is 8.78. The Morgan fingerprint density at radius 2 is 1.77 bits per heavy atom. The maximum Gasteiger partial charge on any atom is 0.416 e. The molecule has 1 atom stereocenters. The van der Waals surface area contributed by atoms with E-state index in [1.54, 1.807) is 47.6 Å². The van der Waals surface area contributed by atoms with Gasteiger partial charge in [0.15, 0.2) is 0 Å². The Bertz CT molecular complexity index is 1550. The number of imide groups is 1. The molecule has 0 aliphatic carbocycles. The van der Waals surface area contributed by atoms with E-state index in [0.717, 1.165) is 17.7 Å². The van der Waals surface area contributed by atoms with Crippen LogP contribution in [0.5, 0.6) is 0 Å². The molecule has 0 radical (unpaired) electrons. The van der Waals surface area contributed by atoms with Crippen LogP contribution in [-0.2, 0) is 23.1 Å². The Morgan fingerprint density at radius 1 is 1.00 bits per heavy atom. The summed E-state index contributed by atoms with van der Waals surface area (Å²) in [7, 11) is 0. The van der Waals surface area contributed by atoms with Crippen molar-refractivity contribution in [2.45, 2.75) is 44.0 Å². The number of hydrogen-bond acceptors (Lipinski definition) is 6. The molecule has 3 aromatic rings. The molecule has 0 saturated carbocycles. The van der Waals surface area contributed by atoms with Crippen molar-refractivity contribution in [1.82, 2.24) is 14.8 Å². The van der Waals surface area contributed by atoms with Crippen LogP contribution in [0.25, 0.3) is 0 Å². The van der Waals surface area contributed by atoms with E-state index in [2.05, 4.69) is 4.98 Å². The van der Waals surface area contributed by atoms with Crippen LogP contribution in [0.15, 0.2) is 67.0 Å². The van der Waals surface area contributed by atoms with Gasteiger partial charge >= 0.3 is 6.18 Å². The van der Waals surface area contributed by atoms with Gasteiger partial charge in [0.1, 0.15) is 0 Å². The van der Waals surface area contributed by atoms with Crippen LogP contribution >= 0.6 is 0 Å². The van der Waals surface area contributed by atoms with E-state index in [0.29, 0.717) is 42.7 Å². The zero-order valence-electron chi connectivity index (χ0n) is 23.4. The molecule has 11 heteroatoms. The van der Waals surface area contributed by atoms with E-state index in [9.17, 15) is 32.7 Å². The topological polar surface area (TPSA) is 94.1 Å². The molecule has 3 aliphatic rings. The van der Waals surface area contributed by atoms with Gasteiger partial charge in [-0.3, -0.25) is 24.3 Å². The molecule has 2 aromatic carbocycles. The number of carbonyl (C=O) groups excluding carboxylic acids is 3. The first-order valence-corrected chi connectivity index (χ1v) is 14.4. The number of nitrogens with zero attached hydrogens (tertiary/aromatic N) is 4. The van der Waals surface area contributed by atoms with E-state index in [-0.39, 0.29) is 61.7 Å². The SMILES string of the molecule is O=C(C1CCCN(c2cccc3c2C(=O)N(Cc2cccnc2)C3=O)C1)N1CCC(O)(c2cccc(C(F)(F)F)c2)CC1. The van der Waals surface area contributed by atoms with Crippen molar-refractivity contribution in [1.29, 1.82) is 0 Å². The third kappa shape index (κ3) is 5.49. The van der Waals surface area contributed by atoms with Crippen LogP contribution in [0.4, 0.5) is 18.9 Å². The molecular formula is C32H31F3N4O4. The Hall–Kier alpha value is -4.25. The fourth-order valence-electron chi connectivity index (χ4n) is 6.42. The monoisotopic (exact) mass is 592 g/mol. The summed E-state index contributed by atoms with van der Waals surface area (Å²) in [5.41, 5.74) is -0.0165. The summed E-state index contributed by atoms with van der Waals surface area (Å²) in [5, 5.41) is 11.2. The predicted molar refractivity (Wildman–Crippen MR) is 151 cm³/mol. The fourth-order valence-corrected chi connectivity index (χ4v) is 6.42. The largest absolute Gasteiger partial charge is 0.416 e. The second-order valence-electron chi connectivity index (χ2n) is 11.5. The van der Waals surface area contributed by atoms with Gasteiger partial charge in [-0.05, 0) is 67.1 Å². The van der Waals surface area contributed by atoms with Crippen molar-refractivity contribution in [2.75, 3.05) is 31.1 Å². The van der Waals surface area contributed by atoms with Crippen LogP contribution in [0.1, 0.15) is 63.1 Å². The number of aromatic nitrogens is 1. The maximum atomic E-state index is 13.6. The van der Waals surface area contributed by atoms with E-state index in [1.165, 1.54) is 17.0 Å². The molecule has 0 spiro atoms. The minimum absolute atomic E-state index is 0.0797. The lowest BCUT2D eigenvalue weighted by atomic mass is 9.83. The number of benzene rings is 2. The number of amides is 3. The molecule has 4 heterocycles. The summed E-state index contributed by atoms with van der Waals surface area (Å²) in [6.45, 7) is 1.55. The van der Waals surface area contributed by atoms with E-state index >= 15 is 0 Å². The van der Waals surface area contributed by atoms with Gasteiger partial charge in [0.25, 0.3) is 11.8 Å². The lowest BCUT2D eigenvalue weighted by molar-refractivity contribution is -0.140. The molecule has 3 amide bonds. The molecule has 1 N–H and O–H groups in total. The Morgan fingerprint density at radius 3 is 2.49 bits per heavy atom. The minimum atomic E-state index is -4.51. The molecule has 3 aliphatic heterocycles. The number of pyridine rings is 1. The van der Waals surface area contributed by atoms with Gasteiger partial charge in [-0.2, -0.15) is 13.2 Å². The smallest absolute Gasteiger partial charge is 0.385 e. The maximum absolute atomic E-state index is 13.6. The van der Waals surface area contributed by atoms with Gasteiger partial charge in [0.2, 0.25) is 5.91 Å². The molecule has 43 heavy (non-hydrogen) atoms. The molecular weight excluding hydrogens is 561 g/mol. The Balaban J connectivity index is 1.14. The van der Waals surface area contributed by atoms with Crippen molar-refractivity contribution < 1.29 is 32.7 Å². The Kier molecular flexibility index (Phi) is 7.45. The van der Waals surface area contributed by atoms with Crippen molar-refractivity contribution in [2.24, 2.45) is 5.92 Å². The number of carbonyl (C=O) groups is 3. The fraction of sp³-hybridized carbons (Fsp3) is 0.375. The van der Waals surface area contributed by atoms with Crippen LogP contribution in [-0.4, -0.2) is 63.8 Å². The van der Waals surface area contributed by atoms with Crippen molar-refractivity contribution in [3.05, 3.63) is 94.8 Å². The summed E-state index contributed by atoms with van der Waals surface area (Å²) >= 11 is 0. The lowest BCUT2D eigenvalue weighted by Gasteiger charge is -2.41. The average Bonchev–Trinajstić information content (AvgIpc) is 3.26. The first-order chi connectivity index (χ1) is 20.5. The number of fused-ring (bicyclic) bond motifs is 1. The Labute approximate surface area is 246 Å². The highest BCUT2D eigenvalue weighted by atomic mass is 19.4. The van der Waals surface area contributed by atoms with Gasteiger partial charge < -0.3 is 14.9 Å². The van der Waals surface area contributed by atoms with Gasteiger partial charge in [0, 0.05) is 38.6 Å². The summed E-state index contributed by atoms with van der Waals surface area (Å²) < 4.78 is 39.7. The number of piperidine rings is 2. The summed E-state index contributed by atoms with van der Waals surface area (Å²) in [6, 6.07) is 13.5. The van der Waals surface area contributed by atoms with E-state index < -0.39 is 17.3 Å². The van der Waals surface area contributed by atoms with Crippen molar-refractivity contribution in [3.8, 4) is 0 Å². The first kappa shape index (κ1) is 28.9. The van der Waals surface area contributed by atoms with Gasteiger partial charge in [-0.1, -0.05) is 24.3 Å². The number of rotatable bonds is 5. The molecule has 6 rings (SSSR count). The van der Waals surface area contributed by atoms with Crippen LogP contribution in [0, 0.1) is 5.92 Å². The summed E-state index contributed by atoms with van der Waals surface area (Å²) in [5.74, 6) is -1.18. The first-order valence-electron chi connectivity index (χ1n) is 14.4. The average molecular weight is 593 g/mol. The molecule has 0 bridgehead atoms. The molecule has 8 nitrogen and oxygen atoms in total. The van der Waals surface area contributed by atoms with Gasteiger partial charge in [0.05, 0.1) is 40.4 Å². The van der Waals surface area contributed by atoms with Crippen molar-refractivity contribution in [3.63, 3.8) is 0 Å². The normalized spacial score (nSPS) is 20.4. The highest BCUT2D eigenvalue weighted by molar-refractivity contribution is 6.23. The molecule has 2 saturated heterocycles. The van der Waals surface area contributed by atoms with Crippen LogP contribution in [0.3, 0.4) is 0 Å². The number of halogens is 3. The van der Waals surface area contributed by atoms with Crippen LogP contribution < -0.4 is 4.90 Å². The zero-order chi connectivity index (χ0) is 30.4. The molecule has 2 fully saturated rings. The highest BCUT2D eigenvalue weighted by Crippen LogP contribution is 2.38. The summed E-state index contributed by atoms with van der Waals surface area (Å²) in [4.78, 5) is 49.2. The van der Waals surface area contributed by atoms with E-state index in [1.807, 2.05) is 4.90 Å².